The first-order chi connectivity index (χ1) is 26.3. The van der Waals surface area contributed by atoms with Gasteiger partial charge in [-0.05, 0) is 76.9 Å². The highest BCUT2D eigenvalue weighted by molar-refractivity contribution is 6.84. The van der Waals surface area contributed by atoms with Gasteiger partial charge in [-0.15, -0.1) is 0 Å². The van der Waals surface area contributed by atoms with Gasteiger partial charge in [0.15, 0.2) is 0 Å². The largest absolute Gasteiger partial charge is 0.551 e. The Labute approximate surface area is 305 Å². The van der Waals surface area contributed by atoms with Gasteiger partial charge in [-0.1, -0.05) is 115 Å². The Kier molecular flexibility index (Phi) is 5.83. The molecule has 4 heterocycles. The van der Waals surface area contributed by atoms with E-state index in [0.29, 0.717) is 0 Å². The molecular formula is C48H28BNO3. The summed E-state index contributed by atoms with van der Waals surface area (Å²) in [6.45, 7) is -0.313. The maximum atomic E-state index is 6.86. The molecule has 8 aromatic carbocycles. The van der Waals surface area contributed by atoms with Crippen molar-refractivity contribution in [1.82, 2.24) is 4.57 Å². The first-order valence-corrected chi connectivity index (χ1v) is 18.0. The van der Waals surface area contributed by atoms with E-state index < -0.39 is 0 Å². The molecule has 0 N–H and O–H groups in total. The van der Waals surface area contributed by atoms with Gasteiger partial charge in [0.25, 0.3) is 0 Å². The molecule has 5 heteroatoms. The number of rotatable bonds is 3. The third-order valence-electron chi connectivity index (χ3n) is 11.1. The van der Waals surface area contributed by atoms with Crippen molar-refractivity contribution >= 4 is 61.6 Å². The standard InChI is InChI=1S/C48H28BNO3/c1-5-16-41-34(10-1)35-11-2-6-17-42(35)50(41)32-23-20-29(21-24-32)30-22-25-45-40(27-30)49-47-39(37-13-4-8-19-44(37)53-49)26-31(28-46(47)51-45)33-14-9-15-38-36-12-3-7-18-43(36)52-48(33)38/h1-28H. The second-order valence-electron chi connectivity index (χ2n) is 14.0. The summed E-state index contributed by atoms with van der Waals surface area (Å²) in [5, 5.41) is 4.74. The molecule has 10 aromatic rings. The van der Waals surface area contributed by atoms with Crippen molar-refractivity contribution in [3.05, 3.63) is 170 Å². The quantitative estimate of drug-likeness (QED) is 0.175. The minimum absolute atomic E-state index is 0.313. The first kappa shape index (κ1) is 28.7. The number of hydrogen-bond donors (Lipinski definition) is 0. The first-order valence-electron chi connectivity index (χ1n) is 18.0. The normalized spacial score (nSPS) is 12.8. The molecule has 0 atom stereocenters. The van der Waals surface area contributed by atoms with Gasteiger partial charge in [0, 0.05) is 49.3 Å². The second kappa shape index (κ2) is 10.8. The zero-order valence-electron chi connectivity index (χ0n) is 28.4. The topological polar surface area (TPSA) is 36.5 Å². The molecule has 0 saturated carbocycles. The molecule has 2 aliphatic heterocycles. The Morgan fingerprint density at radius 2 is 1.11 bits per heavy atom. The number of hydrogen-bond acceptors (Lipinski definition) is 3. The number of ether oxygens (including phenoxy) is 1. The van der Waals surface area contributed by atoms with Crippen LogP contribution in [0.2, 0.25) is 0 Å². The van der Waals surface area contributed by atoms with E-state index in [9.17, 15) is 0 Å². The lowest BCUT2D eigenvalue weighted by Crippen LogP contribution is -2.53. The van der Waals surface area contributed by atoms with E-state index in [1.807, 2.05) is 18.2 Å². The van der Waals surface area contributed by atoms with E-state index in [-0.39, 0.29) is 6.92 Å². The van der Waals surface area contributed by atoms with Gasteiger partial charge < -0.3 is 18.4 Å². The number of nitrogens with zero attached hydrogens (tertiary/aromatic N) is 1. The summed E-state index contributed by atoms with van der Waals surface area (Å²) in [5.74, 6) is 2.47. The number of fused-ring (bicyclic) bond motifs is 10. The molecular weight excluding hydrogens is 649 g/mol. The van der Waals surface area contributed by atoms with Crippen LogP contribution in [0.1, 0.15) is 0 Å². The molecule has 0 aliphatic carbocycles. The molecule has 12 rings (SSSR count). The molecule has 0 radical (unpaired) electrons. The number of benzene rings is 8. The highest BCUT2D eigenvalue weighted by Gasteiger charge is 2.41. The van der Waals surface area contributed by atoms with Gasteiger partial charge >= 0.3 is 6.92 Å². The van der Waals surface area contributed by atoms with E-state index in [1.54, 1.807) is 0 Å². The molecule has 0 fully saturated rings. The SMILES string of the molecule is c1ccc2c(c1)OB1c3cc(-c4ccc(-n5c6ccccc6c6ccccc65)cc4)ccc3Oc3cc(-c4cccc5c4oc4ccccc45)cc-2c31. The van der Waals surface area contributed by atoms with Crippen molar-refractivity contribution in [3.8, 4) is 56.3 Å². The van der Waals surface area contributed by atoms with Crippen LogP contribution in [0.15, 0.2) is 174 Å². The Bertz CT molecular complexity index is 3080. The molecule has 0 amide bonds. The molecule has 246 valence electrons. The lowest BCUT2D eigenvalue weighted by atomic mass is 9.50. The Balaban J connectivity index is 0.972. The molecule has 53 heavy (non-hydrogen) atoms. The number of aromatic nitrogens is 1. The predicted octanol–water partition coefficient (Wildman–Crippen LogP) is 11.3. The average Bonchev–Trinajstić information content (AvgIpc) is 3.77. The molecule has 2 aliphatic rings. The lowest BCUT2D eigenvalue weighted by Gasteiger charge is -2.33. The van der Waals surface area contributed by atoms with E-state index in [1.165, 1.54) is 21.8 Å². The van der Waals surface area contributed by atoms with Crippen molar-refractivity contribution in [2.75, 3.05) is 0 Å². The molecule has 0 unspecified atom stereocenters. The van der Waals surface area contributed by atoms with Crippen LogP contribution < -0.4 is 20.3 Å². The van der Waals surface area contributed by atoms with Gasteiger partial charge in [0.2, 0.25) is 0 Å². The van der Waals surface area contributed by atoms with Crippen molar-refractivity contribution in [2.24, 2.45) is 0 Å². The van der Waals surface area contributed by atoms with Gasteiger partial charge in [-0.25, -0.2) is 0 Å². The van der Waals surface area contributed by atoms with Crippen LogP contribution in [0.4, 0.5) is 0 Å². The van der Waals surface area contributed by atoms with Crippen molar-refractivity contribution in [2.45, 2.75) is 0 Å². The third kappa shape index (κ3) is 4.13. The van der Waals surface area contributed by atoms with Gasteiger partial charge in [-0.2, -0.15) is 0 Å². The Morgan fingerprint density at radius 3 is 1.94 bits per heavy atom. The van der Waals surface area contributed by atoms with Crippen molar-refractivity contribution < 1.29 is 13.8 Å². The van der Waals surface area contributed by atoms with E-state index in [0.717, 1.165) is 89.2 Å². The summed E-state index contributed by atoms with van der Waals surface area (Å²) < 4.78 is 22.5. The van der Waals surface area contributed by atoms with E-state index >= 15 is 0 Å². The zero-order chi connectivity index (χ0) is 34.6. The summed E-state index contributed by atoms with van der Waals surface area (Å²) in [6.07, 6.45) is 0. The summed E-state index contributed by atoms with van der Waals surface area (Å²) >= 11 is 0. The Hall–Kier alpha value is -6.98. The van der Waals surface area contributed by atoms with Crippen molar-refractivity contribution in [1.29, 1.82) is 0 Å². The van der Waals surface area contributed by atoms with Crippen LogP contribution in [0, 0.1) is 0 Å². The molecule has 4 nitrogen and oxygen atoms in total. The fourth-order valence-electron chi connectivity index (χ4n) is 8.68. The predicted molar refractivity (Wildman–Crippen MR) is 217 cm³/mol. The van der Waals surface area contributed by atoms with Crippen LogP contribution in [0.5, 0.6) is 17.2 Å². The maximum absolute atomic E-state index is 6.86. The van der Waals surface area contributed by atoms with Crippen LogP contribution in [-0.2, 0) is 0 Å². The highest BCUT2D eigenvalue weighted by Crippen LogP contribution is 2.44. The monoisotopic (exact) mass is 677 g/mol. The highest BCUT2D eigenvalue weighted by atomic mass is 16.5. The van der Waals surface area contributed by atoms with Crippen molar-refractivity contribution in [3.63, 3.8) is 0 Å². The Morgan fingerprint density at radius 1 is 0.434 bits per heavy atom. The smallest absolute Gasteiger partial charge is 0.434 e. The second-order valence-corrected chi connectivity index (χ2v) is 14.0. The molecule has 0 bridgehead atoms. The van der Waals surface area contributed by atoms with Crippen LogP contribution in [0.25, 0.3) is 82.8 Å². The summed E-state index contributed by atoms with van der Waals surface area (Å²) in [5.41, 5.74) is 13.9. The molecule has 0 saturated heterocycles. The van der Waals surface area contributed by atoms with Gasteiger partial charge in [0.1, 0.15) is 28.4 Å². The van der Waals surface area contributed by atoms with E-state index in [2.05, 4.69) is 156 Å². The van der Waals surface area contributed by atoms with Crippen LogP contribution in [0.3, 0.4) is 0 Å². The molecule has 0 spiro atoms. The lowest BCUT2D eigenvalue weighted by molar-refractivity contribution is 0.479. The van der Waals surface area contributed by atoms with E-state index in [4.69, 9.17) is 13.8 Å². The number of furan rings is 1. The minimum atomic E-state index is -0.313. The fourth-order valence-corrected chi connectivity index (χ4v) is 8.68. The van der Waals surface area contributed by atoms with Crippen LogP contribution in [-0.4, -0.2) is 11.5 Å². The van der Waals surface area contributed by atoms with Crippen LogP contribution >= 0.6 is 0 Å². The summed E-state index contributed by atoms with van der Waals surface area (Å²) in [7, 11) is 0. The zero-order valence-corrected chi connectivity index (χ0v) is 28.4. The average molecular weight is 678 g/mol. The summed E-state index contributed by atoms with van der Waals surface area (Å²) in [4.78, 5) is 0. The third-order valence-corrected chi connectivity index (χ3v) is 11.1. The van der Waals surface area contributed by atoms with Gasteiger partial charge in [-0.3, -0.25) is 0 Å². The number of para-hydroxylation sites is 5. The summed E-state index contributed by atoms with van der Waals surface area (Å²) in [6, 6.07) is 59.9. The fraction of sp³-hybridized carbons (Fsp3) is 0. The minimum Gasteiger partial charge on any atom is -0.551 e. The van der Waals surface area contributed by atoms with Gasteiger partial charge in [0.05, 0.1) is 11.0 Å². The maximum Gasteiger partial charge on any atom is 0.434 e. The molecule has 2 aromatic heterocycles.